The van der Waals surface area contributed by atoms with E-state index in [-0.39, 0.29) is 12.4 Å². The highest BCUT2D eigenvalue weighted by atomic mass is 19.1. The minimum atomic E-state index is -0.280. The van der Waals surface area contributed by atoms with E-state index in [1.54, 1.807) is 24.4 Å². The van der Waals surface area contributed by atoms with Crippen molar-refractivity contribution >= 4 is 11.9 Å². The Hall–Kier alpha value is -3.14. The average molecular weight is 363 g/mol. The first kappa shape index (κ1) is 18.6. The molecule has 0 aliphatic rings. The van der Waals surface area contributed by atoms with Crippen LogP contribution in [0.25, 0.3) is 0 Å². The van der Waals surface area contributed by atoms with Crippen LogP contribution in [0.3, 0.4) is 0 Å². The molecule has 0 heterocycles. The van der Waals surface area contributed by atoms with E-state index < -0.39 is 0 Å². The molecule has 0 unspecified atom stereocenters. The molecule has 0 fully saturated rings. The van der Waals surface area contributed by atoms with Gasteiger partial charge in [0, 0.05) is 11.8 Å². The Bertz CT molecular complexity index is 920. The Labute approximate surface area is 159 Å². The summed E-state index contributed by atoms with van der Waals surface area (Å²) in [5, 5.41) is 0. The van der Waals surface area contributed by atoms with Gasteiger partial charge in [-0.2, -0.15) is 0 Å². The van der Waals surface area contributed by atoms with E-state index in [1.165, 1.54) is 11.6 Å². The Morgan fingerprint density at radius 2 is 1.70 bits per heavy atom. The molecule has 0 saturated carbocycles. The van der Waals surface area contributed by atoms with E-state index in [1.807, 2.05) is 56.3 Å². The number of halogens is 1. The van der Waals surface area contributed by atoms with E-state index in [0.29, 0.717) is 23.7 Å². The fourth-order valence-electron chi connectivity index (χ4n) is 2.54. The zero-order chi connectivity index (χ0) is 19.1. The monoisotopic (exact) mass is 363 g/mol. The minimum absolute atomic E-state index is 0.142. The van der Waals surface area contributed by atoms with E-state index in [2.05, 4.69) is 4.99 Å². The Morgan fingerprint density at radius 1 is 0.926 bits per heavy atom. The van der Waals surface area contributed by atoms with Crippen LogP contribution in [0, 0.1) is 12.7 Å². The van der Waals surface area contributed by atoms with Gasteiger partial charge in [0.25, 0.3) is 0 Å². The quantitative estimate of drug-likeness (QED) is 0.492. The molecule has 3 aromatic carbocycles. The van der Waals surface area contributed by atoms with Crippen molar-refractivity contribution in [1.82, 2.24) is 0 Å². The van der Waals surface area contributed by atoms with Gasteiger partial charge in [-0.1, -0.05) is 35.9 Å². The van der Waals surface area contributed by atoms with Gasteiger partial charge in [0.05, 0.1) is 12.3 Å². The van der Waals surface area contributed by atoms with Crippen LogP contribution in [0.2, 0.25) is 0 Å². The van der Waals surface area contributed by atoms with Gasteiger partial charge < -0.3 is 9.47 Å². The summed E-state index contributed by atoms with van der Waals surface area (Å²) in [4.78, 5) is 4.48. The lowest BCUT2D eigenvalue weighted by Crippen LogP contribution is -2.01. The molecule has 0 N–H and O–H groups in total. The van der Waals surface area contributed by atoms with Gasteiger partial charge >= 0.3 is 0 Å². The Balaban J connectivity index is 1.75. The molecule has 4 heteroatoms. The summed E-state index contributed by atoms with van der Waals surface area (Å²) in [6, 6.07) is 20.2. The van der Waals surface area contributed by atoms with Crippen LogP contribution in [0.1, 0.15) is 23.6 Å². The van der Waals surface area contributed by atoms with Gasteiger partial charge in [0.1, 0.15) is 12.4 Å². The zero-order valence-electron chi connectivity index (χ0n) is 15.5. The van der Waals surface area contributed by atoms with Crippen LogP contribution >= 0.6 is 0 Å². The first-order valence-corrected chi connectivity index (χ1v) is 8.89. The lowest BCUT2D eigenvalue weighted by molar-refractivity contribution is 0.266. The average Bonchev–Trinajstić information content (AvgIpc) is 2.68. The molecule has 0 radical (unpaired) electrons. The third kappa shape index (κ3) is 5.17. The van der Waals surface area contributed by atoms with Crippen LogP contribution in [0.4, 0.5) is 10.1 Å². The van der Waals surface area contributed by atoms with Crippen LogP contribution in [-0.2, 0) is 6.61 Å². The molecule has 3 nitrogen and oxygen atoms in total. The normalized spacial score (nSPS) is 10.9. The van der Waals surface area contributed by atoms with Crippen LogP contribution < -0.4 is 9.47 Å². The smallest absolute Gasteiger partial charge is 0.161 e. The molecular formula is C23H22FNO2. The van der Waals surface area contributed by atoms with Crippen molar-refractivity contribution in [3.63, 3.8) is 0 Å². The lowest BCUT2D eigenvalue weighted by atomic mass is 10.2. The highest BCUT2D eigenvalue weighted by Crippen LogP contribution is 2.29. The van der Waals surface area contributed by atoms with E-state index in [0.717, 1.165) is 11.3 Å². The van der Waals surface area contributed by atoms with Crippen LogP contribution in [0.15, 0.2) is 71.7 Å². The number of nitrogens with zero attached hydrogens (tertiary/aromatic N) is 1. The number of aliphatic imine (C=N–C) groups is 1. The first-order valence-electron chi connectivity index (χ1n) is 8.89. The molecule has 0 spiro atoms. The highest BCUT2D eigenvalue weighted by molar-refractivity contribution is 5.83. The number of hydrogen-bond acceptors (Lipinski definition) is 3. The molecule has 0 saturated heterocycles. The summed E-state index contributed by atoms with van der Waals surface area (Å²) in [5.41, 5.74) is 3.49. The van der Waals surface area contributed by atoms with Gasteiger partial charge in [-0.05, 0) is 55.8 Å². The molecule has 0 aromatic heterocycles. The molecule has 0 bridgehead atoms. The first-order chi connectivity index (χ1) is 13.2. The zero-order valence-corrected chi connectivity index (χ0v) is 15.5. The summed E-state index contributed by atoms with van der Waals surface area (Å²) < 4.78 is 25.2. The van der Waals surface area contributed by atoms with Gasteiger partial charge in [-0.25, -0.2) is 4.39 Å². The fraction of sp³-hybridized carbons (Fsp3) is 0.174. The molecule has 0 atom stereocenters. The number of rotatable bonds is 7. The van der Waals surface area contributed by atoms with E-state index >= 15 is 0 Å². The molecule has 138 valence electrons. The molecule has 3 rings (SSSR count). The maximum absolute atomic E-state index is 13.8. The second kappa shape index (κ2) is 8.99. The number of ether oxygens (including phenoxy) is 2. The largest absolute Gasteiger partial charge is 0.490 e. The van der Waals surface area contributed by atoms with Crippen LogP contribution in [-0.4, -0.2) is 12.8 Å². The second-order valence-electron chi connectivity index (χ2n) is 6.11. The predicted molar refractivity (Wildman–Crippen MR) is 107 cm³/mol. The molecule has 0 aliphatic carbocycles. The lowest BCUT2D eigenvalue weighted by Gasteiger charge is -2.13. The minimum Gasteiger partial charge on any atom is -0.490 e. The van der Waals surface area contributed by atoms with Gasteiger partial charge in [-0.15, -0.1) is 0 Å². The Morgan fingerprint density at radius 3 is 2.44 bits per heavy atom. The topological polar surface area (TPSA) is 30.8 Å². The van der Waals surface area contributed by atoms with Gasteiger partial charge in [0.15, 0.2) is 11.5 Å². The third-order valence-corrected chi connectivity index (χ3v) is 4.01. The summed E-state index contributed by atoms with van der Waals surface area (Å²) in [6.07, 6.45) is 1.79. The summed E-state index contributed by atoms with van der Waals surface area (Å²) in [5.74, 6) is 0.909. The molecule has 0 amide bonds. The number of benzene rings is 3. The van der Waals surface area contributed by atoms with Crippen molar-refractivity contribution in [1.29, 1.82) is 0 Å². The maximum atomic E-state index is 13.8. The van der Waals surface area contributed by atoms with Crippen LogP contribution in [0.5, 0.6) is 11.5 Å². The maximum Gasteiger partial charge on any atom is 0.161 e. The van der Waals surface area contributed by atoms with E-state index in [9.17, 15) is 4.39 Å². The molecule has 3 aromatic rings. The van der Waals surface area contributed by atoms with Gasteiger partial charge in [-0.3, -0.25) is 4.99 Å². The van der Waals surface area contributed by atoms with Crippen molar-refractivity contribution < 1.29 is 13.9 Å². The third-order valence-electron chi connectivity index (χ3n) is 4.01. The van der Waals surface area contributed by atoms with Gasteiger partial charge in [0.2, 0.25) is 0 Å². The fourth-order valence-corrected chi connectivity index (χ4v) is 2.54. The van der Waals surface area contributed by atoms with Crippen molar-refractivity contribution in [2.24, 2.45) is 4.99 Å². The number of hydrogen-bond donors (Lipinski definition) is 0. The van der Waals surface area contributed by atoms with E-state index in [4.69, 9.17) is 9.47 Å². The summed E-state index contributed by atoms with van der Waals surface area (Å²) in [7, 11) is 0. The predicted octanol–water partition coefficient (Wildman–Crippen LogP) is 5.86. The summed E-state index contributed by atoms with van der Waals surface area (Å²) in [6.45, 7) is 4.60. The van der Waals surface area contributed by atoms with Crippen molar-refractivity contribution in [3.05, 3.63) is 89.2 Å². The molecular weight excluding hydrogens is 341 g/mol. The molecule has 0 aliphatic heterocycles. The number of aryl methyl sites for hydroxylation is 1. The van der Waals surface area contributed by atoms with Crippen molar-refractivity contribution in [2.75, 3.05) is 6.61 Å². The SMILES string of the molecule is CCOc1cc(C=Nc2ccc(C)cc2)ccc1OCc1ccccc1F. The van der Waals surface area contributed by atoms with Crippen molar-refractivity contribution in [3.8, 4) is 11.5 Å². The Kier molecular flexibility index (Phi) is 6.21. The standard InChI is InChI=1S/C23H22FNO2/c1-3-26-23-14-18(15-25-20-11-8-17(2)9-12-20)10-13-22(23)27-16-19-6-4-5-7-21(19)24/h4-15H,3,16H2,1-2H3. The second-order valence-corrected chi connectivity index (χ2v) is 6.11. The van der Waals surface area contributed by atoms with Crippen molar-refractivity contribution in [2.45, 2.75) is 20.5 Å². The molecule has 27 heavy (non-hydrogen) atoms. The highest BCUT2D eigenvalue weighted by Gasteiger charge is 2.08. The summed E-state index contributed by atoms with van der Waals surface area (Å²) >= 11 is 0.